The zero-order valence-corrected chi connectivity index (χ0v) is 22.9. The summed E-state index contributed by atoms with van der Waals surface area (Å²) < 4.78 is 11.0. The van der Waals surface area contributed by atoms with Crippen LogP contribution in [0.2, 0.25) is 10.0 Å². The lowest BCUT2D eigenvalue weighted by atomic mass is 10.1. The van der Waals surface area contributed by atoms with Crippen molar-refractivity contribution < 1.29 is 19.1 Å². The molecule has 38 heavy (non-hydrogen) atoms. The number of ether oxygens (including phenoxy) is 2. The molecule has 2 saturated heterocycles. The van der Waals surface area contributed by atoms with E-state index in [-0.39, 0.29) is 23.9 Å². The van der Waals surface area contributed by atoms with Crippen molar-refractivity contribution >= 4 is 58.0 Å². The van der Waals surface area contributed by atoms with Crippen molar-refractivity contribution in [1.82, 2.24) is 9.97 Å². The van der Waals surface area contributed by atoms with Gasteiger partial charge in [-0.25, -0.2) is 9.97 Å². The van der Waals surface area contributed by atoms with Gasteiger partial charge in [-0.15, -0.1) is 0 Å². The molecule has 0 aliphatic carbocycles. The molecule has 2 unspecified atom stereocenters. The number of nitrogens with one attached hydrogen (secondary N) is 1. The van der Waals surface area contributed by atoms with E-state index in [1.165, 1.54) is 0 Å². The van der Waals surface area contributed by atoms with E-state index in [0.29, 0.717) is 67.5 Å². The lowest BCUT2D eigenvalue weighted by Gasteiger charge is -2.29. The molecular formula is C26H32Cl2N6O4. The van der Waals surface area contributed by atoms with Crippen LogP contribution in [-0.2, 0) is 19.1 Å². The minimum atomic E-state index is 0.000437. The van der Waals surface area contributed by atoms with Crippen LogP contribution in [0.1, 0.15) is 32.6 Å². The molecule has 1 N–H and O–H groups in total. The highest BCUT2D eigenvalue weighted by Crippen LogP contribution is 2.36. The molecule has 0 aromatic carbocycles. The van der Waals surface area contributed by atoms with Crippen LogP contribution in [0.3, 0.4) is 0 Å². The molecular weight excluding hydrogens is 531 g/mol. The van der Waals surface area contributed by atoms with E-state index in [9.17, 15) is 9.59 Å². The van der Waals surface area contributed by atoms with E-state index in [1.54, 1.807) is 17.3 Å². The lowest BCUT2D eigenvalue weighted by molar-refractivity contribution is -0.119. The quantitative estimate of drug-likeness (QED) is 0.560. The van der Waals surface area contributed by atoms with Crippen molar-refractivity contribution in [3.8, 4) is 0 Å². The van der Waals surface area contributed by atoms with Crippen molar-refractivity contribution in [2.45, 2.75) is 44.7 Å². The van der Waals surface area contributed by atoms with E-state index in [4.69, 9.17) is 32.7 Å². The number of aromatic nitrogens is 2. The van der Waals surface area contributed by atoms with Crippen molar-refractivity contribution in [2.24, 2.45) is 0 Å². The number of hydrogen-bond acceptors (Lipinski definition) is 8. The average molecular weight is 563 g/mol. The lowest BCUT2D eigenvalue weighted by Crippen LogP contribution is -2.37. The van der Waals surface area contributed by atoms with Gasteiger partial charge in [0.05, 0.1) is 34.6 Å². The van der Waals surface area contributed by atoms with Crippen molar-refractivity contribution in [2.75, 3.05) is 66.1 Å². The monoisotopic (exact) mass is 562 g/mol. The first-order valence-corrected chi connectivity index (χ1v) is 13.8. The summed E-state index contributed by atoms with van der Waals surface area (Å²) in [6.07, 6.45) is 5.83. The summed E-state index contributed by atoms with van der Waals surface area (Å²) >= 11 is 12.1. The molecule has 0 bridgehead atoms. The fourth-order valence-corrected chi connectivity index (χ4v) is 5.75. The van der Waals surface area contributed by atoms with Gasteiger partial charge in [-0.05, 0) is 31.9 Å². The van der Waals surface area contributed by atoms with Gasteiger partial charge < -0.3 is 24.6 Å². The standard InChI is InChI=1S/C14H18ClN3O2.C12H14ClN3O2/c1-2-17-13(19)8-11-3-5-20-6-4-18(11)12-7-10(15)9-16-14(12)17;13-8-5-10-12(14-7-8)15-11(17)6-9-1-3-18-4-2-16(9)10/h7,9,11H,2-6,8H2,1H3;5,7,9H,1-4,6H2,(H,14,15,17). The van der Waals surface area contributed by atoms with Crippen LogP contribution in [0.4, 0.5) is 23.0 Å². The number of fused-ring (bicyclic) bond motifs is 6. The van der Waals surface area contributed by atoms with Gasteiger partial charge in [-0.2, -0.15) is 0 Å². The van der Waals surface area contributed by atoms with E-state index < -0.39 is 0 Å². The topological polar surface area (TPSA) is 100 Å². The minimum absolute atomic E-state index is 0.000437. The summed E-state index contributed by atoms with van der Waals surface area (Å²) in [7, 11) is 0. The van der Waals surface area contributed by atoms with Crippen LogP contribution in [0.15, 0.2) is 24.5 Å². The van der Waals surface area contributed by atoms with Gasteiger partial charge in [-0.3, -0.25) is 14.5 Å². The SMILES string of the molecule is CCN1C(=O)CC2CCOCCN2c2cc(Cl)cnc21.O=C1CC2CCOCCN2c2cc(Cl)cnc2N1. The number of carbonyl (C=O) groups excluding carboxylic acids is 2. The van der Waals surface area contributed by atoms with Crippen molar-refractivity contribution in [3.63, 3.8) is 0 Å². The Hall–Kier alpha value is -2.66. The number of halogens is 2. The second-order valence-corrected chi connectivity index (χ2v) is 10.5. The molecule has 0 spiro atoms. The molecule has 4 aliphatic heterocycles. The first kappa shape index (κ1) is 26.9. The second kappa shape index (κ2) is 12.0. The number of anilines is 4. The summed E-state index contributed by atoms with van der Waals surface area (Å²) in [4.78, 5) is 39.1. The molecule has 0 radical (unpaired) electrons. The number of amides is 2. The molecule has 12 heteroatoms. The van der Waals surface area contributed by atoms with Gasteiger partial charge in [0.15, 0.2) is 11.6 Å². The van der Waals surface area contributed by atoms with Crippen LogP contribution in [0, 0.1) is 0 Å². The summed E-state index contributed by atoms with van der Waals surface area (Å²) in [6, 6.07) is 4.09. The van der Waals surface area contributed by atoms with E-state index in [1.807, 2.05) is 19.1 Å². The normalized spacial score (nSPS) is 23.2. The molecule has 204 valence electrons. The van der Waals surface area contributed by atoms with Crippen molar-refractivity contribution in [3.05, 3.63) is 34.6 Å². The maximum Gasteiger partial charge on any atom is 0.230 e. The Kier molecular flexibility index (Phi) is 8.52. The first-order chi connectivity index (χ1) is 18.4. The summed E-state index contributed by atoms with van der Waals surface area (Å²) in [5.41, 5.74) is 1.84. The third-order valence-corrected chi connectivity index (χ3v) is 7.67. The van der Waals surface area contributed by atoms with Gasteiger partial charge in [0.1, 0.15) is 0 Å². The van der Waals surface area contributed by atoms with E-state index in [2.05, 4.69) is 25.1 Å². The molecule has 2 fully saturated rings. The van der Waals surface area contributed by atoms with Gasteiger partial charge in [0.2, 0.25) is 11.8 Å². The molecule has 4 aliphatic rings. The number of pyridine rings is 2. The zero-order chi connectivity index (χ0) is 26.6. The summed E-state index contributed by atoms with van der Waals surface area (Å²) in [5, 5.41) is 4.01. The maximum atomic E-state index is 12.4. The molecule has 2 aromatic heterocycles. The molecule has 6 heterocycles. The number of nitrogens with zero attached hydrogens (tertiary/aromatic N) is 5. The Morgan fingerprint density at radius 3 is 2.18 bits per heavy atom. The van der Waals surface area contributed by atoms with Crippen LogP contribution >= 0.6 is 23.2 Å². The van der Waals surface area contributed by atoms with Gasteiger partial charge in [-0.1, -0.05) is 23.2 Å². The van der Waals surface area contributed by atoms with E-state index >= 15 is 0 Å². The average Bonchev–Trinajstić information content (AvgIpc) is 3.34. The predicted octanol–water partition coefficient (Wildman–Crippen LogP) is 3.76. The summed E-state index contributed by atoms with van der Waals surface area (Å²) in [5.74, 6) is 1.43. The van der Waals surface area contributed by atoms with Crippen LogP contribution < -0.4 is 20.0 Å². The number of hydrogen-bond donors (Lipinski definition) is 1. The van der Waals surface area contributed by atoms with Crippen molar-refractivity contribution in [1.29, 1.82) is 0 Å². The van der Waals surface area contributed by atoms with Gasteiger partial charge in [0, 0.05) is 70.2 Å². The Labute approximate surface area is 232 Å². The highest BCUT2D eigenvalue weighted by molar-refractivity contribution is 6.31. The highest BCUT2D eigenvalue weighted by Gasteiger charge is 2.34. The van der Waals surface area contributed by atoms with E-state index in [0.717, 1.165) is 37.3 Å². The summed E-state index contributed by atoms with van der Waals surface area (Å²) in [6.45, 7) is 6.84. The molecule has 2 atom stereocenters. The number of rotatable bonds is 1. The molecule has 2 aromatic rings. The smallest absolute Gasteiger partial charge is 0.230 e. The van der Waals surface area contributed by atoms with Crippen LogP contribution in [0.25, 0.3) is 0 Å². The zero-order valence-electron chi connectivity index (χ0n) is 21.4. The first-order valence-electron chi connectivity index (χ1n) is 13.0. The largest absolute Gasteiger partial charge is 0.380 e. The molecule has 0 saturated carbocycles. The van der Waals surface area contributed by atoms with Crippen LogP contribution in [0.5, 0.6) is 0 Å². The van der Waals surface area contributed by atoms with Crippen LogP contribution in [-0.4, -0.2) is 79.9 Å². The fourth-order valence-electron chi connectivity index (χ4n) is 5.44. The molecule has 2 amide bonds. The Bertz CT molecular complexity index is 1180. The molecule has 6 rings (SSSR count). The molecule has 10 nitrogen and oxygen atoms in total. The number of carbonyl (C=O) groups is 2. The predicted molar refractivity (Wildman–Crippen MR) is 148 cm³/mol. The Balaban J connectivity index is 0.000000156. The van der Waals surface area contributed by atoms with Gasteiger partial charge >= 0.3 is 0 Å². The Morgan fingerprint density at radius 1 is 0.895 bits per heavy atom. The third-order valence-electron chi connectivity index (χ3n) is 7.25. The Morgan fingerprint density at radius 2 is 1.50 bits per heavy atom. The highest BCUT2D eigenvalue weighted by atomic mass is 35.5. The minimum Gasteiger partial charge on any atom is -0.380 e. The third kappa shape index (κ3) is 5.83. The second-order valence-electron chi connectivity index (χ2n) is 9.61. The van der Waals surface area contributed by atoms with Gasteiger partial charge in [0.25, 0.3) is 0 Å². The fraction of sp³-hybridized carbons (Fsp3) is 0.538. The maximum absolute atomic E-state index is 12.4.